The van der Waals surface area contributed by atoms with E-state index in [0.717, 1.165) is 19.3 Å². The van der Waals surface area contributed by atoms with Crippen LogP contribution in [0.2, 0.25) is 0 Å². The van der Waals surface area contributed by atoms with Crippen LogP contribution in [0.4, 0.5) is 0 Å². The molecule has 0 heterocycles. The molecule has 0 aromatic heterocycles. The summed E-state index contributed by atoms with van der Waals surface area (Å²) in [6.45, 7) is 1.88. The standard InChI is InChI=1S/C7H13NO2/c1-6(9)8-5-7(10)3-2-4-7/h10H,2-5H2,1H3,(H,8,9). The van der Waals surface area contributed by atoms with Crippen LogP contribution in [0.25, 0.3) is 0 Å². The van der Waals surface area contributed by atoms with Gasteiger partial charge in [-0.05, 0) is 19.3 Å². The maximum Gasteiger partial charge on any atom is 0.216 e. The predicted octanol–water partition coefficient (Wildman–Crippen LogP) is 0.0375. The highest BCUT2D eigenvalue weighted by Crippen LogP contribution is 2.30. The summed E-state index contributed by atoms with van der Waals surface area (Å²) in [4.78, 5) is 10.4. The number of nitrogens with one attached hydrogen (secondary N) is 1. The average molecular weight is 143 g/mol. The first-order chi connectivity index (χ1) is 4.62. The molecule has 1 amide bonds. The molecular weight excluding hydrogens is 130 g/mol. The molecule has 1 rings (SSSR count). The van der Waals surface area contributed by atoms with Crippen LogP contribution in [0.3, 0.4) is 0 Å². The normalized spacial score (nSPS) is 21.4. The molecule has 0 bridgehead atoms. The molecule has 10 heavy (non-hydrogen) atoms. The Hall–Kier alpha value is -0.570. The van der Waals surface area contributed by atoms with Crippen LogP contribution < -0.4 is 5.32 Å². The van der Waals surface area contributed by atoms with Crippen molar-refractivity contribution in [2.75, 3.05) is 6.54 Å². The highest BCUT2D eigenvalue weighted by atomic mass is 16.3. The molecule has 2 N–H and O–H groups in total. The first-order valence-corrected chi connectivity index (χ1v) is 3.59. The van der Waals surface area contributed by atoms with Crippen LogP contribution in [0.15, 0.2) is 0 Å². The number of carbonyl (C=O) groups excluding carboxylic acids is 1. The van der Waals surface area contributed by atoms with E-state index in [-0.39, 0.29) is 5.91 Å². The Morgan fingerprint density at radius 2 is 2.30 bits per heavy atom. The van der Waals surface area contributed by atoms with Gasteiger partial charge in [0.25, 0.3) is 0 Å². The molecule has 1 fully saturated rings. The summed E-state index contributed by atoms with van der Waals surface area (Å²) in [5, 5.41) is 12.0. The van der Waals surface area contributed by atoms with Crippen molar-refractivity contribution in [2.45, 2.75) is 31.8 Å². The van der Waals surface area contributed by atoms with Crippen LogP contribution in [0.5, 0.6) is 0 Å². The van der Waals surface area contributed by atoms with Crippen molar-refractivity contribution in [1.82, 2.24) is 5.32 Å². The number of rotatable bonds is 2. The molecule has 0 spiro atoms. The summed E-state index contributed by atoms with van der Waals surface area (Å²) < 4.78 is 0. The molecule has 0 atom stereocenters. The lowest BCUT2D eigenvalue weighted by Gasteiger charge is -2.36. The summed E-state index contributed by atoms with van der Waals surface area (Å²) in [7, 11) is 0. The topological polar surface area (TPSA) is 49.3 Å². The highest BCUT2D eigenvalue weighted by Gasteiger charge is 2.33. The fourth-order valence-electron chi connectivity index (χ4n) is 1.05. The Bertz CT molecular complexity index is 141. The Morgan fingerprint density at radius 3 is 2.60 bits per heavy atom. The number of amides is 1. The minimum absolute atomic E-state index is 0.0691. The smallest absolute Gasteiger partial charge is 0.216 e. The van der Waals surface area contributed by atoms with Crippen LogP contribution in [-0.4, -0.2) is 23.2 Å². The van der Waals surface area contributed by atoms with Crippen molar-refractivity contribution < 1.29 is 9.90 Å². The van der Waals surface area contributed by atoms with E-state index in [1.54, 1.807) is 0 Å². The van der Waals surface area contributed by atoms with Gasteiger partial charge >= 0.3 is 0 Å². The minimum atomic E-state index is -0.578. The summed E-state index contributed by atoms with van der Waals surface area (Å²) in [5.41, 5.74) is -0.578. The van der Waals surface area contributed by atoms with Gasteiger partial charge in [0.1, 0.15) is 0 Å². The average Bonchev–Trinajstić information content (AvgIpc) is 1.79. The van der Waals surface area contributed by atoms with E-state index in [2.05, 4.69) is 5.32 Å². The highest BCUT2D eigenvalue weighted by molar-refractivity contribution is 5.72. The van der Waals surface area contributed by atoms with E-state index >= 15 is 0 Å². The molecule has 1 aliphatic carbocycles. The lowest BCUT2D eigenvalue weighted by atomic mass is 9.80. The predicted molar refractivity (Wildman–Crippen MR) is 37.5 cm³/mol. The molecular formula is C7H13NO2. The Morgan fingerprint density at radius 1 is 1.70 bits per heavy atom. The number of hydrogen-bond acceptors (Lipinski definition) is 2. The molecule has 0 aromatic carbocycles. The molecule has 58 valence electrons. The van der Waals surface area contributed by atoms with Gasteiger partial charge in [-0.2, -0.15) is 0 Å². The Labute approximate surface area is 60.4 Å². The van der Waals surface area contributed by atoms with E-state index in [1.807, 2.05) is 0 Å². The summed E-state index contributed by atoms with van der Waals surface area (Å²) in [6, 6.07) is 0. The van der Waals surface area contributed by atoms with E-state index in [4.69, 9.17) is 0 Å². The number of carbonyl (C=O) groups is 1. The van der Waals surface area contributed by atoms with Gasteiger partial charge in [-0.3, -0.25) is 4.79 Å². The quantitative estimate of drug-likeness (QED) is 0.573. The fraction of sp³-hybridized carbons (Fsp3) is 0.857. The van der Waals surface area contributed by atoms with Crippen LogP contribution in [0, 0.1) is 0 Å². The van der Waals surface area contributed by atoms with Crippen LogP contribution in [-0.2, 0) is 4.79 Å². The molecule has 0 unspecified atom stereocenters. The Kier molecular flexibility index (Phi) is 1.94. The van der Waals surface area contributed by atoms with Gasteiger partial charge in [0.2, 0.25) is 5.91 Å². The molecule has 3 heteroatoms. The SMILES string of the molecule is CC(=O)NCC1(O)CCC1. The second kappa shape index (κ2) is 2.58. The molecule has 1 aliphatic rings. The molecule has 3 nitrogen and oxygen atoms in total. The number of hydrogen-bond donors (Lipinski definition) is 2. The molecule has 0 saturated heterocycles. The number of aliphatic hydroxyl groups is 1. The van der Waals surface area contributed by atoms with Gasteiger partial charge in [0.15, 0.2) is 0 Å². The zero-order valence-electron chi connectivity index (χ0n) is 6.18. The third-order valence-corrected chi connectivity index (χ3v) is 1.95. The van der Waals surface area contributed by atoms with Gasteiger partial charge < -0.3 is 10.4 Å². The van der Waals surface area contributed by atoms with Crippen LogP contribution >= 0.6 is 0 Å². The van der Waals surface area contributed by atoms with Crippen LogP contribution in [0.1, 0.15) is 26.2 Å². The monoisotopic (exact) mass is 143 g/mol. The van der Waals surface area contributed by atoms with Gasteiger partial charge in [-0.15, -0.1) is 0 Å². The maximum atomic E-state index is 10.4. The largest absolute Gasteiger partial charge is 0.388 e. The second-order valence-corrected chi connectivity index (χ2v) is 2.99. The zero-order chi connectivity index (χ0) is 7.61. The van der Waals surface area contributed by atoms with E-state index in [9.17, 15) is 9.90 Å². The zero-order valence-corrected chi connectivity index (χ0v) is 6.18. The van der Waals surface area contributed by atoms with Crippen molar-refractivity contribution in [2.24, 2.45) is 0 Å². The fourth-order valence-corrected chi connectivity index (χ4v) is 1.05. The van der Waals surface area contributed by atoms with Gasteiger partial charge in [-0.1, -0.05) is 0 Å². The third-order valence-electron chi connectivity index (χ3n) is 1.95. The van der Waals surface area contributed by atoms with Crippen molar-refractivity contribution in [3.8, 4) is 0 Å². The van der Waals surface area contributed by atoms with Gasteiger partial charge in [0, 0.05) is 13.5 Å². The molecule has 0 aromatic rings. The lowest BCUT2D eigenvalue weighted by molar-refractivity contribution is -0.121. The molecule has 0 radical (unpaired) electrons. The summed E-state index contributed by atoms with van der Waals surface area (Å²) in [6.07, 6.45) is 2.73. The van der Waals surface area contributed by atoms with Crippen molar-refractivity contribution in [3.05, 3.63) is 0 Å². The third kappa shape index (κ3) is 1.70. The molecule has 1 saturated carbocycles. The van der Waals surface area contributed by atoms with E-state index in [0.29, 0.717) is 6.54 Å². The van der Waals surface area contributed by atoms with Gasteiger partial charge in [0.05, 0.1) is 5.60 Å². The maximum absolute atomic E-state index is 10.4. The molecule has 0 aliphatic heterocycles. The van der Waals surface area contributed by atoms with Crippen molar-refractivity contribution >= 4 is 5.91 Å². The summed E-state index contributed by atoms with van der Waals surface area (Å²) in [5.74, 6) is -0.0691. The lowest BCUT2D eigenvalue weighted by Crippen LogP contribution is -2.47. The summed E-state index contributed by atoms with van der Waals surface area (Å²) >= 11 is 0. The van der Waals surface area contributed by atoms with Crippen molar-refractivity contribution in [1.29, 1.82) is 0 Å². The van der Waals surface area contributed by atoms with Crippen molar-refractivity contribution in [3.63, 3.8) is 0 Å². The van der Waals surface area contributed by atoms with Gasteiger partial charge in [-0.25, -0.2) is 0 Å². The minimum Gasteiger partial charge on any atom is -0.388 e. The first kappa shape index (κ1) is 7.54. The van der Waals surface area contributed by atoms with E-state index in [1.165, 1.54) is 6.92 Å². The first-order valence-electron chi connectivity index (χ1n) is 3.59. The Balaban J connectivity index is 2.18. The van der Waals surface area contributed by atoms with E-state index < -0.39 is 5.60 Å². The second-order valence-electron chi connectivity index (χ2n) is 2.99.